The summed E-state index contributed by atoms with van der Waals surface area (Å²) in [5, 5.41) is 13.2. The van der Waals surface area contributed by atoms with E-state index in [0.717, 1.165) is 0 Å². The molecule has 31 heavy (non-hydrogen) atoms. The lowest BCUT2D eigenvalue weighted by Gasteiger charge is -2.15. The number of non-ortho nitro benzene ring substituents is 1. The quantitative estimate of drug-likeness (QED) is 0.387. The van der Waals surface area contributed by atoms with Gasteiger partial charge in [0.1, 0.15) is 11.9 Å². The van der Waals surface area contributed by atoms with Crippen LogP contribution in [-0.2, 0) is 24.3 Å². The fourth-order valence-corrected chi connectivity index (χ4v) is 3.95. The summed E-state index contributed by atoms with van der Waals surface area (Å²) in [5.41, 5.74) is 0.504. The lowest BCUT2D eigenvalue weighted by molar-refractivity contribution is -0.384. The molecule has 2 atom stereocenters. The van der Waals surface area contributed by atoms with Crippen molar-refractivity contribution in [1.82, 2.24) is 4.72 Å². The molecule has 1 aliphatic heterocycles. The molecule has 1 heterocycles. The number of nitro groups is 1. The molecule has 3 rings (SSSR count). The number of benzene rings is 2. The van der Waals surface area contributed by atoms with E-state index in [1.807, 2.05) is 0 Å². The smallest absolute Gasteiger partial charge is 0.331 e. The number of carbonyl (C=O) groups excluding carboxylic acids is 2. The standard InChI is InChI=1S/C19H18N4O7S/c1-11(20-17-15-5-3-4-6-16(15)31(28,29)22-17)19(25)30-12(2)18(24)21-13-7-9-14(10-8-13)23(26)27/h3-12H,1-2H3,(H,20,22)(H,21,24)/t11-,12?/m0/s1. The molecule has 11 nitrogen and oxygen atoms in total. The van der Waals surface area contributed by atoms with Crippen molar-refractivity contribution in [1.29, 1.82) is 0 Å². The lowest BCUT2D eigenvalue weighted by atomic mass is 10.2. The maximum atomic E-state index is 12.3. The highest BCUT2D eigenvalue weighted by atomic mass is 32.2. The number of nitro benzene ring substituents is 1. The molecule has 0 aliphatic carbocycles. The minimum Gasteiger partial charge on any atom is -0.451 e. The summed E-state index contributed by atoms with van der Waals surface area (Å²) in [5.74, 6) is -1.46. The minimum absolute atomic E-state index is 0.0167. The zero-order chi connectivity index (χ0) is 22.8. The van der Waals surface area contributed by atoms with Crippen molar-refractivity contribution in [3.05, 3.63) is 64.2 Å². The average Bonchev–Trinajstić information content (AvgIpc) is 2.98. The predicted octanol–water partition coefficient (Wildman–Crippen LogP) is 1.59. The fraction of sp³-hybridized carbons (Fsp3) is 0.211. The van der Waals surface area contributed by atoms with Crippen LogP contribution in [0.25, 0.3) is 0 Å². The van der Waals surface area contributed by atoms with Crippen molar-refractivity contribution in [2.24, 2.45) is 4.99 Å². The van der Waals surface area contributed by atoms with Crippen LogP contribution >= 0.6 is 0 Å². The third-order valence-electron chi connectivity index (χ3n) is 4.33. The van der Waals surface area contributed by atoms with Gasteiger partial charge in [-0.25, -0.2) is 13.2 Å². The maximum absolute atomic E-state index is 12.3. The SMILES string of the molecule is CC(OC(=O)[C@H](C)N=C1NS(=O)(=O)c2ccccc21)C(=O)Nc1ccc([N+](=O)[O-])cc1. The first-order valence-corrected chi connectivity index (χ1v) is 10.5. The number of nitrogens with zero attached hydrogens (tertiary/aromatic N) is 2. The first-order valence-electron chi connectivity index (χ1n) is 9.04. The average molecular weight is 446 g/mol. The Morgan fingerprint density at radius 1 is 1.13 bits per heavy atom. The molecule has 0 spiro atoms. The van der Waals surface area contributed by atoms with Crippen molar-refractivity contribution in [2.45, 2.75) is 30.9 Å². The molecule has 2 aromatic carbocycles. The van der Waals surface area contributed by atoms with Crippen LogP contribution in [0.15, 0.2) is 58.4 Å². The highest BCUT2D eigenvalue weighted by Crippen LogP contribution is 2.22. The molecule has 0 radical (unpaired) electrons. The van der Waals surface area contributed by atoms with Gasteiger partial charge in [-0.15, -0.1) is 0 Å². The monoisotopic (exact) mass is 446 g/mol. The number of anilines is 1. The van der Waals surface area contributed by atoms with Gasteiger partial charge in [-0.05, 0) is 38.1 Å². The third-order valence-corrected chi connectivity index (χ3v) is 5.73. The van der Waals surface area contributed by atoms with Crippen molar-refractivity contribution in [2.75, 3.05) is 5.32 Å². The fourth-order valence-electron chi connectivity index (χ4n) is 2.71. The van der Waals surface area contributed by atoms with Crippen molar-refractivity contribution in [3.63, 3.8) is 0 Å². The lowest BCUT2D eigenvalue weighted by Crippen LogP contribution is -2.33. The largest absolute Gasteiger partial charge is 0.451 e. The van der Waals surface area contributed by atoms with Gasteiger partial charge < -0.3 is 10.1 Å². The number of carbonyl (C=O) groups is 2. The molecule has 1 aliphatic rings. The Bertz CT molecular complexity index is 1180. The molecule has 0 saturated carbocycles. The van der Waals surface area contributed by atoms with Gasteiger partial charge in [0.25, 0.3) is 21.6 Å². The predicted molar refractivity (Wildman–Crippen MR) is 110 cm³/mol. The Kier molecular flexibility index (Phi) is 6.02. The first-order chi connectivity index (χ1) is 14.6. The summed E-state index contributed by atoms with van der Waals surface area (Å²) in [6.07, 6.45) is -1.18. The number of nitrogens with one attached hydrogen (secondary N) is 2. The molecular weight excluding hydrogens is 428 g/mol. The Hall–Kier alpha value is -3.80. The van der Waals surface area contributed by atoms with Crippen LogP contribution in [-0.4, -0.2) is 43.2 Å². The zero-order valence-electron chi connectivity index (χ0n) is 16.4. The van der Waals surface area contributed by atoms with Crippen LogP contribution in [0.3, 0.4) is 0 Å². The van der Waals surface area contributed by atoms with E-state index in [4.69, 9.17) is 4.74 Å². The molecule has 2 N–H and O–H groups in total. The van der Waals surface area contributed by atoms with Crippen LogP contribution in [0.4, 0.5) is 11.4 Å². The van der Waals surface area contributed by atoms with Gasteiger partial charge in [-0.2, -0.15) is 0 Å². The van der Waals surface area contributed by atoms with E-state index in [9.17, 15) is 28.1 Å². The number of fused-ring (bicyclic) bond motifs is 1. The number of amidine groups is 1. The van der Waals surface area contributed by atoms with Gasteiger partial charge in [-0.1, -0.05) is 12.1 Å². The van der Waals surface area contributed by atoms with Crippen LogP contribution in [0.5, 0.6) is 0 Å². The third kappa shape index (κ3) is 4.86. The summed E-state index contributed by atoms with van der Waals surface area (Å²) in [7, 11) is -3.74. The number of sulfonamides is 1. The minimum atomic E-state index is -3.74. The molecule has 12 heteroatoms. The number of hydrogen-bond acceptors (Lipinski definition) is 8. The van der Waals surface area contributed by atoms with Crippen LogP contribution in [0.2, 0.25) is 0 Å². The van der Waals surface area contributed by atoms with Crippen molar-refractivity contribution < 1.29 is 27.7 Å². The van der Waals surface area contributed by atoms with Crippen LogP contribution in [0, 0.1) is 10.1 Å². The van der Waals surface area contributed by atoms with Gasteiger partial charge in [0.2, 0.25) is 0 Å². The number of rotatable bonds is 6. The van der Waals surface area contributed by atoms with E-state index < -0.39 is 39.0 Å². The number of ether oxygens (including phenoxy) is 1. The zero-order valence-corrected chi connectivity index (χ0v) is 17.3. The Morgan fingerprint density at radius 3 is 2.42 bits per heavy atom. The van der Waals surface area contributed by atoms with E-state index in [2.05, 4.69) is 15.0 Å². The maximum Gasteiger partial charge on any atom is 0.331 e. The van der Waals surface area contributed by atoms with Gasteiger partial charge in [0, 0.05) is 23.4 Å². The second-order valence-corrected chi connectivity index (χ2v) is 8.28. The molecule has 2 aromatic rings. The Morgan fingerprint density at radius 2 is 1.77 bits per heavy atom. The summed E-state index contributed by atoms with van der Waals surface area (Å²) in [4.78, 5) is 38.8. The second kappa shape index (κ2) is 8.52. The number of esters is 1. The van der Waals surface area contributed by atoms with Gasteiger partial charge in [-0.3, -0.25) is 24.6 Å². The number of amides is 1. The van der Waals surface area contributed by atoms with E-state index >= 15 is 0 Å². The Labute approximate surface area is 177 Å². The molecule has 0 fully saturated rings. The first kappa shape index (κ1) is 21.9. The molecule has 162 valence electrons. The van der Waals surface area contributed by atoms with Crippen LogP contribution < -0.4 is 10.0 Å². The Balaban J connectivity index is 1.63. The normalized spacial score (nSPS) is 17.2. The topological polar surface area (TPSA) is 157 Å². The van der Waals surface area contributed by atoms with E-state index in [-0.39, 0.29) is 16.4 Å². The molecule has 1 unspecified atom stereocenters. The van der Waals surface area contributed by atoms with E-state index in [1.54, 1.807) is 18.2 Å². The van der Waals surface area contributed by atoms with Gasteiger partial charge in [0.15, 0.2) is 6.10 Å². The highest BCUT2D eigenvalue weighted by molar-refractivity contribution is 7.90. The molecule has 1 amide bonds. The highest BCUT2D eigenvalue weighted by Gasteiger charge is 2.31. The molecule has 0 aromatic heterocycles. The summed E-state index contributed by atoms with van der Waals surface area (Å²) < 4.78 is 31.6. The summed E-state index contributed by atoms with van der Waals surface area (Å²) >= 11 is 0. The van der Waals surface area contributed by atoms with Gasteiger partial charge >= 0.3 is 5.97 Å². The van der Waals surface area contributed by atoms with Crippen LogP contribution in [0.1, 0.15) is 19.4 Å². The van der Waals surface area contributed by atoms with Gasteiger partial charge in [0.05, 0.1) is 9.82 Å². The van der Waals surface area contributed by atoms with Crippen molar-refractivity contribution >= 4 is 39.1 Å². The second-order valence-electron chi connectivity index (χ2n) is 6.63. The van der Waals surface area contributed by atoms with Crippen molar-refractivity contribution in [3.8, 4) is 0 Å². The number of hydrogen-bond donors (Lipinski definition) is 2. The molecule has 0 saturated heterocycles. The van der Waals surface area contributed by atoms with E-state index in [1.165, 1.54) is 44.2 Å². The molecular formula is C19H18N4O7S. The molecule has 0 bridgehead atoms. The number of aliphatic imine (C=N–C) groups is 1. The van der Waals surface area contributed by atoms with E-state index in [0.29, 0.717) is 11.3 Å². The summed E-state index contributed by atoms with van der Waals surface area (Å²) in [6, 6.07) is 10.3. The summed E-state index contributed by atoms with van der Waals surface area (Å²) in [6.45, 7) is 2.76.